The lowest BCUT2D eigenvalue weighted by Gasteiger charge is -2.28. The standard InChI is InChI=1S/C16H17BrN2/c1-12-6-4-7-13(18-12)16(10-2-3-11-16)14-8-5-9-15(17)19-14/h4-9H,2-3,10-11H2,1H3. The summed E-state index contributed by atoms with van der Waals surface area (Å²) < 4.78 is 0.906. The molecule has 0 atom stereocenters. The zero-order chi connectivity index (χ0) is 13.3. The second kappa shape index (κ2) is 5.04. The summed E-state index contributed by atoms with van der Waals surface area (Å²) in [5.74, 6) is 0. The van der Waals surface area contributed by atoms with Crippen LogP contribution in [0.1, 0.15) is 42.8 Å². The molecule has 0 aliphatic heterocycles. The van der Waals surface area contributed by atoms with Crippen LogP contribution in [0.15, 0.2) is 41.0 Å². The SMILES string of the molecule is Cc1cccc(C2(c3cccc(Br)n3)CCCC2)n1. The van der Waals surface area contributed by atoms with Crippen LogP contribution in [0.25, 0.3) is 0 Å². The summed E-state index contributed by atoms with van der Waals surface area (Å²) in [4.78, 5) is 9.49. The quantitative estimate of drug-likeness (QED) is 0.767. The Morgan fingerprint density at radius 2 is 1.58 bits per heavy atom. The van der Waals surface area contributed by atoms with E-state index in [1.165, 1.54) is 18.5 Å². The Bertz CT molecular complexity index is 541. The Morgan fingerprint density at radius 3 is 2.21 bits per heavy atom. The maximum absolute atomic E-state index is 4.78. The Kier molecular flexibility index (Phi) is 3.40. The van der Waals surface area contributed by atoms with Crippen LogP contribution in [-0.2, 0) is 5.41 Å². The Balaban J connectivity index is 2.14. The zero-order valence-corrected chi connectivity index (χ0v) is 12.7. The molecule has 0 amide bonds. The summed E-state index contributed by atoms with van der Waals surface area (Å²) in [6, 6.07) is 12.5. The predicted molar refractivity (Wildman–Crippen MR) is 80.2 cm³/mol. The molecular weight excluding hydrogens is 300 g/mol. The summed E-state index contributed by atoms with van der Waals surface area (Å²) >= 11 is 3.49. The van der Waals surface area contributed by atoms with E-state index in [-0.39, 0.29) is 5.41 Å². The molecule has 0 N–H and O–H groups in total. The molecule has 3 rings (SSSR count). The lowest BCUT2D eigenvalue weighted by Crippen LogP contribution is -2.26. The number of rotatable bonds is 2. The van der Waals surface area contributed by atoms with Gasteiger partial charge in [0.2, 0.25) is 0 Å². The third kappa shape index (κ3) is 2.32. The number of aryl methyl sites for hydroxylation is 1. The summed E-state index contributed by atoms with van der Waals surface area (Å²) in [5, 5.41) is 0. The molecule has 0 aromatic carbocycles. The maximum Gasteiger partial charge on any atom is 0.106 e. The largest absolute Gasteiger partial charge is 0.257 e. The van der Waals surface area contributed by atoms with E-state index in [9.17, 15) is 0 Å². The van der Waals surface area contributed by atoms with Gasteiger partial charge in [-0.25, -0.2) is 4.98 Å². The fourth-order valence-corrected chi connectivity index (χ4v) is 3.45. The van der Waals surface area contributed by atoms with Crippen molar-refractivity contribution in [1.29, 1.82) is 0 Å². The highest BCUT2D eigenvalue weighted by Crippen LogP contribution is 2.45. The summed E-state index contributed by atoms with van der Waals surface area (Å²) in [7, 11) is 0. The Labute approximate surface area is 122 Å². The van der Waals surface area contributed by atoms with Crippen molar-refractivity contribution >= 4 is 15.9 Å². The summed E-state index contributed by atoms with van der Waals surface area (Å²) in [6.07, 6.45) is 4.80. The molecule has 1 fully saturated rings. The van der Waals surface area contributed by atoms with Crippen LogP contribution < -0.4 is 0 Å². The molecule has 0 bridgehead atoms. The highest BCUT2D eigenvalue weighted by Gasteiger charge is 2.39. The van der Waals surface area contributed by atoms with Crippen LogP contribution in [0.2, 0.25) is 0 Å². The molecule has 2 nitrogen and oxygen atoms in total. The molecular formula is C16H17BrN2. The van der Waals surface area contributed by atoms with Gasteiger partial charge >= 0.3 is 0 Å². The van der Waals surface area contributed by atoms with Crippen LogP contribution in [0.3, 0.4) is 0 Å². The fraction of sp³-hybridized carbons (Fsp3) is 0.375. The van der Waals surface area contributed by atoms with Crippen LogP contribution in [-0.4, -0.2) is 9.97 Å². The van der Waals surface area contributed by atoms with Gasteiger partial charge in [0.25, 0.3) is 0 Å². The van der Waals surface area contributed by atoms with E-state index in [1.54, 1.807) is 0 Å². The van der Waals surface area contributed by atoms with Crippen LogP contribution in [0.5, 0.6) is 0 Å². The number of hydrogen-bond donors (Lipinski definition) is 0. The van der Waals surface area contributed by atoms with Crippen LogP contribution >= 0.6 is 15.9 Å². The molecule has 98 valence electrons. The van der Waals surface area contributed by atoms with Crippen LogP contribution in [0, 0.1) is 6.92 Å². The van der Waals surface area contributed by atoms with E-state index in [1.807, 2.05) is 6.07 Å². The molecule has 2 heterocycles. The first-order valence-electron chi connectivity index (χ1n) is 6.78. The molecule has 2 aromatic heterocycles. The van der Waals surface area contributed by atoms with E-state index >= 15 is 0 Å². The van der Waals surface area contributed by atoms with Crippen molar-refractivity contribution in [3.05, 3.63) is 58.1 Å². The molecule has 0 radical (unpaired) electrons. The van der Waals surface area contributed by atoms with Gasteiger partial charge in [-0.15, -0.1) is 0 Å². The molecule has 2 aromatic rings. The highest BCUT2D eigenvalue weighted by atomic mass is 79.9. The first-order valence-corrected chi connectivity index (χ1v) is 7.57. The van der Waals surface area contributed by atoms with E-state index in [0.717, 1.165) is 28.8 Å². The van der Waals surface area contributed by atoms with Crippen molar-refractivity contribution < 1.29 is 0 Å². The van der Waals surface area contributed by atoms with E-state index in [0.29, 0.717) is 0 Å². The number of hydrogen-bond acceptors (Lipinski definition) is 2. The third-order valence-electron chi connectivity index (χ3n) is 4.04. The molecule has 1 aliphatic carbocycles. The Hall–Kier alpha value is -1.22. The number of halogens is 1. The van der Waals surface area contributed by atoms with Gasteiger partial charge < -0.3 is 0 Å². The number of nitrogens with zero attached hydrogens (tertiary/aromatic N) is 2. The van der Waals surface area contributed by atoms with E-state index in [4.69, 9.17) is 9.97 Å². The summed E-state index contributed by atoms with van der Waals surface area (Å²) in [5.41, 5.74) is 3.42. The third-order valence-corrected chi connectivity index (χ3v) is 4.48. The molecule has 0 spiro atoms. The van der Waals surface area contributed by atoms with Crippen LogP contribution in [0.4, 0.5) is 0 Å². The van der Waals surface area contributed by atoms with Gasteiger partial charge in [0, 0.05) is 5.69 Å². The molecule has 3 heteroatoms. The van der Waals surface area contributed by atoms with Gasteiger partial charge in [-0.05, 0) is 60.0 Å². The minimum atomic E-state index is 0.00972. The Morgan fingerprint density at radius 1 is 0.947 bits per heavy atom. The molecule has 1 aliphatic rings. The van der Waals surface area contributed by atoms with Crippen molar-refractivity contribution in [3.8, 4) is 0 Å². The van der Waals surface area contributed by atoms with Gasteiger partial charge in [-0.2, -0.15) is 0 Å². The highest BCUT2D eigenvalue weighted by molar-refractivity contribution is 9.10. The second-order valence-corrected chi connectivity index (χ2v) is 6.11. The molecule has 0 saturated heterocycles. The second-order valence-electron chi connectivity index (χ2n) is 5.30. The van der Waals surface area contributed by atoms with Crippen molar-refractivity contribution in [2.24, 2.45) is 0 Å². The van der Waals surface area contributed by atoms with Gasteiger partial charge in [0.05, 0.1) is 16.8 Å². The number of pyridine rings is 2. The van der Waals surface area contributed by atoms with Crippen molar-refractivity contribution in [3.63, 3.8) is 0 Å². The average Bonchev–Trinajstić information content (AvgIpc) is 2.89. The smallest absolute Gasteiger partial charge is 0.106 e. The first kappa shape index (κ1) is 12.8. The monoisotopic (exact) mass is 316 g/mol. The van der Waals surface area contributed by atoms with E-state index < -0.39 is 0 Å². The van der Waals surface area contributed by atoms with Crippen molar-refractivity contribution in [1.82, 2.24) is 9.97 Å². The fourth-order valence-electron chi connectivity index (χ4n) is 3.11. The number of aromatic nitrogens is 2. The van der Waals surface area contributed by atoms with Gasteiger partial charge in [-0.3, -0.25) is 4.98 Å². The summed E-state index contributed by atoms with van der Waals surface area (Å²) in [6.45, 7) is 2.06. The lowest BCUT2D eigenvalue weighted by molar-refractivity contribution is 0.500. The molecule has 0 unspecified atom stereocenters. The first-order chi connectivity index (χ1) is 9.21. The van der Waals surface area contributed by atoms with Gasteiger partial charge in [0.1, 0.15) is 4.60 Å². The van der Waals surface area contributed by atoms with Gasteiger partial charge in [-0.1, -0.05) is 25.0 Å². The minimum absolute atomic E-state index is 0.00972. The molecule has 1 saturated carbocycles. The normalized spacial score (nSPS) is 17.6. The lowest BCUT2D eigenvalue weighted by atomic mass is 9.78. The predicted octanol–water partition coefficient (Wildman–Crippen LogP) is 4.41. The zero-order valence-electron chi connectivity index (χ0n) is 11.1. The van der Waals surface area contributed by atoms with Crippen molar-refractivity contribution in [2.75, 3.05) is 0 Å². The van der Waals surface area contributed by atoms with Crippen molar-refractivity contribution in [2.45, 2.75) is 38.0 Å². The average molecular weight is 317 g/mol. The minimum Gasteiger partial charge on any atom is -0.257 e. The molecule has 19 heavy (non-hydrogen) atoms. The maximum atomic E-state index is 4.78. The van der Waals surface area contributed by atoms with E-state index in [2.05, 4.69) is 53.2 Å². The van der Waals surface area contributed by atoms with Gasteiger partial charge in [0.15, 0.2) is 0 Å². The topological polar surface area (TPSA) is 25.8 Å².